The van der Waals surface area contributed by atoms with E-state index in [-0.39, 0.29) is 0 Å². The van der Waals surface area contributed by atoms with Crippen LogP contribution in [0.25, 0.3) is 22.5 Å². The van der Waals surface area contributed by atoms with E-state index in [0.29, 0.717) is 30.2 Å². The number of halogens is 1. The lowest BCUT2D eigenvalue weighted by atomic mass is 9.96. The van der Waals surface area contributed by atoms with Crippen molar-refractivity contribution in [2.75, 3.05) is 0 Å². The fraction of sp³-hybridized carbons (Fsp3) is 0.333. The van der Waals surface area contributed by atoms with Crippen molar-refractivity contribution in [3.05, 3.63) is 59.6 Å². The summed E-state index contributed by atoms with van der Waals surface area (Å²) in [5, 5.41) is 11.9. The van der Waals surface area contributed by atoms with Crippen molar-refractivity contribution in [1.29, 1.82) is 0 Å². The third-order valence-electron chi connectivity index (χ3n) is 4.94. The van der Waals surface area contributed by atoms with Crippen LogP contribution >= 0.6 is 11.6 Å². The Bertz CT molecular complexity index is 868. The van der Waals surface area contributed by atoms with E-state index in [4.69, 9.17) is 16.6 Å². The fourth-order valence-electron chi connectivity index (χ4n) is 3.29. The number of aliphatic hydroxyl groups is 1. The highest BCUT2D eigenvalue weighted by molar-refractivity contribution is 6.30. The van der Waals surface area contributed by atoms with Crippen LogP contribution in [-0.2, 0) is 12.1 Å². The zero-order valence-electron chi connectivity index (χ0n) is 15.4. The first-order chi connectivity index (χ1) is 12.5. The van der Waals surface area contributed by atoms with Crippen molar-refractivity contribution in [1.82, 2.24) is 14.5 Å². The average molecular weight is 370 g/mol. The van der Waals surface area contributed by atoms with E-state index in [1.807, 2.05) is 50.2 Å². The standard InChI is InChI=1S/C21H24ClN3O/c1-4-21(26,5-2)20-24-18(15-11-13-23-14-12-15)19(25(20)6-3)16-7-9-17(22)10-8-16/h7-14,26H,4-6H2,1-3H3. The number of nitrogens with zero attached hydrogens (tertiary/aromatic N) is 3. The third kappa shape index (κ3) is 3.27. The summed E-state index contributed by atoms with van der Waals surface area (Å²) in [6.07, 6.45) is 4.74. The van der Waals surface area contributed by atoms with Gasteiger partial charge >= 0.3 is 0 Å². The number of benzene rings is 1. The van der Waals surface area contributed by atoms with Crippen LogP contribution in [0.5, 0.6) is 0 Å². The van der Waals surface area contributed by atoms with Gasteiger partial charge in [0.2, 0.25) is 0 Å². The molecule has 4 nitrogen and oxygen atoms in total. The largest absolute Gasteiger partial charge is 0.382 e. The number of hydrogen-bond acceptors (Lipinski definition) is 3. The van der Waals surface area contributed by atoms with Crippen molar-refractivity contribution in [3.8, 4) is 22.5 Å². The van der Waals surface area contributed by atoms with E-state index in [9.17, 15) is 5.11 Å². The molecule has 0 radical (unpaired) electrons. The Kier molecular flexibility index (Phi) is 5.44. The van der Waals surface area contributed by atoms with E-state index in [1.165, 1.54) is 0 Å². The van der Waals surface area contributed by atoms with E-state index in [1.54, 1.807) is 12.4 Å². The van der Waals surface area contributed by atoms with E-state index >= 15 is 0 Å². The summed E-state index contributed by atoms with van der Waals surface area (Å²) < 4.78 is 2.12. The normalized spacial score (nSPS) is 11.7. The van der Waals surface area contributed by atoms with E-state index in [0.717, 1.165) is 22.5 Å². The molecule has 0 unspecified atom stereocenters. The monoisotopic (exact) mass is 369 g/mol. The van der Waals surface area contributed by atoms with Crippen LogP contribution < -0.4 is 0 Å². The minimum absolute atomic E-state index is 0.607. The Morgan fingerprint density at radius 2 is 1.58 bits per heavy atom. The van der Waals surface area contributed by atoms with Gasteiger partial charge in [-0.15, -0.1) is 0 Å². The number of hydrogen-bond donors (Lipinski definition) is 1. The molecule has 0 bridgehead atoms. The first kappa shape index (κ1) is 18.6. The Morgan fingerprint density at radius 1 is 0.962 bits per heavy atom. The Morgan fingerprint density at radius 3 is 2.12 bits per heavy atom. The third-order valence-corrected chi connectivity index (χ3v) is 5.19. The lowest BCUT2D eigenvalue weighted by molar-refractivity contribution is 0.0162. The summed E-state index contributed by atoms with van der Waals surface area (Å²) in [6.45, 7) is 6.78. The lowest BCUT2D eigenvalue weighted by Crippen LogP contribution is -2.28. The van der Waals surface area contributed by atoms with Crippen molar-refractivity contribution < 1.29 is 5.11 Å². The smallest absolute Gasteiger partial charge is 0.142 e. The minimum atomic E-state index is -0.956. The molecule has 2 aromatic heterocycles. The molecule has 0 saturated heterocycles. The van der Waals surface area contributed by atoms with Crippen LogP contribution in [0.3, 0.4) is 0 Å². The van der Waals surface area contributed by atoms with Gasteiger partial charge < -0.3 is 9.67 Å². The Labute approximate surface area is 159 Å². The van der Waals surface area contributed by atoms with Gasteiger partial charge in [0.25, 0.3) is 0 Å². The van der Waals surface area contributed by atoms with Gasteiger partial charge in [-0.1, -0.05) is 37.6 Å². The van der Waals surface area contributed by atoms with Crippen LogP contribution in [0.1, 0.15) is 39.4 Å². The van der Waals surface area contributed by atoms with Crippen molar-refractivity contribution >= 4 is 11.6 Å². The van der Waals surface area contributed by atoms with Gasteiger partial charge in [0.1, 0.15) is 11.4 Å². The molecule has 0 amide bonds. The second-order valence-corrected chi connectivity index (χ2v) is 6.79. The highest BCUT2D eigenvalue weighted by Gasteiger charge is 2.33. The second-order valence-electron chi connectivity index (χ2n) is 6.36. The highest BCUT2D eigenvalue weighted by atomic mass is 35.5. The molecule has 0 spiro atoms. The lowest BCUT2D eigenvalue weighted by Gasteiger charge is -2.25. The van der Waals surface area contributed by atoms with E-state index < -0.39 is 5.60 Å². The van der Waals surface area contributed by atoms with Crippen LogP contribution in [-0.4, -0.2) is 19.6 Å². The van der Waals surface area contributed by atoms with Crippen molar-refractivity contribution in [2.45, 2.75) is 45.8 Å². The molecule has 0 aliphatic heterocycles. The zero-order chi connectivity index (χ0) is 18.7. The summed E-state index contributed by atoms with van der Waals surface area (Å²) >= 11 is 6.08. The summed E-state index contributed by atoms with van der Waals surface area (Å²) in [5.41, 5.74) is 2.89. The Hall–Kier alpha value is -2.17. The maximum Gasteiger partial charge on any atom is 0.142 e. The number of imidazole rings is 1. The molecular weight excluding hydrogens is 346 g/mol. The number of pyridine rings is 1. The van der Waals surface area contributed by atoms with Gasteiger partial charge in [-0.05, 0) is 44.0 Å². The first-order valence-electron chi connectivity index (χ1n) is 9.03. The topological polar surface area (TPSA) is 50.9 Å². The molecule has 0 atom stereocenters. The van der Waals surface area contributed by atoms with Crippen LogP contribution in [0.4, 0.5) is 0 Å². The Balaban J connectivity index is 2.32. The number of rotatable bonds is 6. The van der Waals surface area contributed by atoms with Gasteiger partial charge in [0, 0.05) is 35.1 Å². The van der Waals surface area contributed by atoms with Gasteiger partial charge in [0.15, 0.2) is 0 Å². The van der Waals surface area contributed by atoms with Gasteiger partial charge in [0.05, 0.1) is 11.4 Å². The maximum atomic E-state index is 11.2. The SMILES string of the molecule is CCn1c(C(O)(CC)CC)nc(-c2ccncc2)c1-c1ccc(Cl)cc1. The minimum Gasteiger partial charge on any atom is -0.382 e. The average Bonchev–Trinajstić information content (AvgIpc) is 3.09. The summed E-state index contributed by atoms with van der Waals surface area (Å²) in [6, 6.07) is 11.6. The molecule has 0 saturated carbocycles. The van der Waals surface area contributed by atoms with Gasteiger partial charge in [-0.3, -0.25) is 4.98 Å². The molecule has 3 aromatic rings. The molecule has 26 heavy (non-hydrogen) atoms. The summed E-state index contributed by atoms with van der Waals surface area (Å²) in [4.78, 5) is 9.03. The fourth-order valence-corrected chi connectivity index (χ4v) is 3.42. The molecule has 0 fully saturated rings. The molecule has 1 aromatic carbocycles. The quantitative estimate of drug-likeness (QED) is 0.642. The maximum absolute atomic E-state index is 11.2. The molecular formula is C21H24ClN3O. The second kappa shape index (κ2) is 7.60. The van der Waals surface area contributed by atoms with Crippen LogP contribution in [0.2, 0.25) is 5.02 Å². The molecule has 2 heterocycles. The zero-order valence-corrected chi connectivity index (χ0v) is 16.2. The molecule has 5 heteroatoms. The molecule has 3 rings (SSSR count). The first-order valence-corrected chi connectivity index (χ1v) is 9.41. The van der Waals surface area contributed by atoms with Gasteiger partial charge in [-0.2, -0.15) is 0 Å². The molecule has 0 aliphatic rings. The molecule has 1 N–H and O–H groups in total. The van der Waals surface area contributed by atoms with E-state index in [2.05, 4.69) is 16.5 Å². The highest BCUT2D eigenvalue weighted by Crippen LogP contribution is 2.38. The summed E-state index contributed by atoms with van der Waals surface area (Å²) in [7, 11) is 0. The predicted molar refractivity (Wildman–Crippen MR) is 106 cm³/mol. The van der Waals surface area contributed by atoms with Gasteiger partial charge in [-0.25, -0.2) is 4.98 Å². The van der Waals surface area contributed by atoms with Crippen LogP contribution in [0, 0.1) is 0 Å². The number of aromatic nitrogens is 3. The van der Waals surface area contributed by atoms with Crippen molar-refractivity contribution in [2.24, 2.45) is 0 Å². The van der Waals surface area contributed by atoms with Crippen molar-refractivity contribution in [3.63, 3.8) is 0 Å². The molecule has 0 aliphatic carbocycles. The molecule has 136 valence electrons. The van der Waals surface area contributed by atoms with Crippen LogP contribution in [0.15, 0.2) is 48.8 Å². The predicted octanol–water partition coefficient (Wildman–Crippen LogP) is 5.29. The summed E-state index contributed by atoms with van der Waals surface area (Å²) in [5.74, 6) is 0.710.